The first kappa shape index (κ1) is 40.0. The average Bonchev–Trinajstić information content (AvgIpc) is 3.86. The van der Waals surface area contributed by atoms with Gasteiger partial charge in [0.15, 0.2) is 11.6 Å². The van der Waals surface area contributed by atoms with Gasteiger partial charge in [0.25, 0.3) is 5.91 Å². The Labute approximate surface area is 373 Å². The minimum Gasteiger partial charge on any atom is -0.376 e. The van der Waals surface area contributed by atoms with Crippen LogP contribution in [0.25, 0.3) is 38.3 Å². The van der Waals surface area contributed by atoms with Gasteiger partial charge in [-0.25, -0.2) is 28.0 Å². The Hall–Kier alpha value is -6.53. The number of carbonyl (C=O) groups is 1. The highest BCUT2D eigenvalue weighted by atomic mass is 32.1. The smallest absolute Gasteiger partial charge is 0.376 e. The molecule has 2 bridgehead atoms. The third kappa shape index (κ3) is 6.01. The lowest BCUT2D eigenvalue weighted by atomic mass is 9.88. The van der Waals surface area contributed by atoms with Gasteiger partial charge in [-0.15, -0.1) is 11.3 Å². The van der Waals surface area contributed by atoms with Gasteiger partial charge in [0.1, 0.15) is 11.6 Å². The van der Waals surface area contributed by atoms with Crippen LogP contribution < -0.4 is 11.4 Å². The van der Waals surface area contributed by atoms with Crippen LogP contribution in [0.15, 0.2) is 69.1 Å². The number of halogens is 2. The van der Waals surface area contributed by atoms with Gasteiger partial charge in [-0.3, -0.25) is 28.1 Å². The summed E-state index contributed by atoms with van der Waals surface area (Å²) >= 11 is 1.60. The fourth-order valence-corrected chi connectivity index (χ4v) is 12.0. The molecule has 1 unspecified atom stereocenters. The topological polar surface area (TPSA) is 164 Å². The summed E-state index contributed by atoms with van der Waals surface area (Å²) in [6.45, 7) is 8.20. The molecule has 3 fully saturated rings. The summed E-state index contributed by atoms with van der Waals surface area (Å²) in [6, 6.07) is 9.89. The second-order valence-corrected chi connectivity index (χ2v) is 19.9. The van der Waals surface area contributed by atoms with Crippen molar-refractivity contribution in [2.75, 3.05) is 6.61 Å². The molecule has 1 N–H and O–H groups in total. The number of ether oxygens (including phenoxy) is 1. The van der Waals surface area contributed by atoms with Gasteiger partial charge >= 0.3 is 11.4 Å². The minimum absolute atomic E-state index is 0.0533. The Balaban J connectivity index is 1.01. The number of nitrogens with one attached hydrogen (secondary N) is 1. The first-order valence-corrected chi connectivity index (χ1v) is 22.8. The van der Waals surface area contributed by atoms with Crippen LogP contribution >= 0.6 is 11.3 Å². The predicted octanol–water partition coefficient (Wildman–Crippen LogP) is 7.54. The van der Waals surface area contributed by atoms with E-state index in [0.29, 0.717) is 83.8 Å². The van der Waals surface area contributed by atoms with Gasteiger partial charge in [-0.1, -0.05) is 5.16 Å². The lowest BCUT2D eigenvalue weighted by Gasteiger charge is -2.35. The number of aromatic nitrogens is 9. The molecule has 18 heteroatoms. The average molecular weight is 899 g/mol. The van der Waals surface area contributed by atoms with E-state index in [0.717, 1.165) is 39.3 Å². The van der Waals surface area contributed by atoms with E-state index in [2.05, 4.69) is 29.1 Å². The number of rotatable bonds is 7. The van der Waals surface area contributed by atoms with Crippen molar-refractivity contribution in [1.82, 2.24) is 48.7 Å². The van der Waals surface area contributed by atoms with E-state index in [1.165, 1.54) is 21.5 Å². The van der Waals surface area contributed by atoms with Gasteiger partial charge in [0.2, 0.25) is 0 Å². The largest absolute Gasteiger partial charge is 0.438 e. The number of aromatic amines is 1. The minimum atomic E-state index is -0.755. The number of aryl methyl sites for hydroxylation is 3. The Kier molecular flexibility index (Phi) is 8.61. The maximum absolute atomic E-state index is 16.2. The standard InChI is InChI=1S/C47H44F2N10O5S/c1-23-16-27(17-24(2)38(23)48)59-41(57-14-13-56(45(57)62)35-9-8-33-29(39(35)49)22-50-55(33)5)37-32(53-59)18-26-6-7-34(37)58(26)42(60)28-19-36-31(51-40(65-36)25-10-15-63-46(3,4)21-25)20-30(28)47(11-12-47)43-52-44(61)64-54-43/h8-9,13-14,16-17,19-20,22,25-26,34H,6-7,10-12,15,18,21H2,1-5H3,(H,52,54,61)/t25?,26-,34+/m1/s1. The van der Waals surface area contributed by atoms with Crippen LogP contribution in [0.2, 0.25) is 0 Å². The third-order valence-electron chi connectivity index (χ3n) is 14.2. The predicted molar refractivity (Wildman–Crippen MR) is 237 cm³/mol. The van der Waals surface area contributed by atoms with E-state index in [1.807, 2.05) is 17.0 Å². The fraction of sp³-hybridized carbons (Fsp3) is 0.383. The zero-order chi connectivity index (χ0) is 44.8. The second kappa shape index (κ2) is 14.0. The first-order valence-electron chi connectivity index (χ1n) is 22.0. The van der Waals surface area contributed by atoms with E-state index >= 15 is 13.6 Å². The molecule has 1 aliphatic carbocycles. The summed E-state index contributed by atoms with van der Waals surface area (Å²) in [6.07, 6.45) is 9.18. The second-order valence-electron chi connectivity index (χ2n) is 18.8. The molecule has 4 aliphatic rings. The molecular weight excluding hydrogens is 855 g/mol. The Morgan fingerprint density at radius 2 is 1.77 bits per heavy atom. The van der Waals surface area contributed by atoms with Crippen molar-refractivity contribution in [3.63, 3.8) is 0 Å². The Bertz CT molecular complexity index is 3410. The van der Waals surface area contributed by atoms with E-state index in [4.69, 9.17) is 19.3 Å². The van der Waals surface area contributed by atoms with Gasteiger partial charge in [-0.2, -0.15) is 10.2 Å². The van der Waals surface area contributed by atoms with Gasteiger partial charge < -0.3 is 9.64 Å². The monoisotopic (exact) mass is 898 g/mol. The lowest BCUT2D eigenvalue weighted by molar-refractivity contribution is -0.0593. The normalized spacial score (nSPS) is 20.8. The van der Waals surface area contributed by atoms with Crippen molar-refractivity contribution in [1.29, 1.82) is 0 Å². The van der Waals surface area contributed by atoms with Crippen LogP contribution in [0, 0.1) is 25.5 Å². The zero-order valence-corrected chi connectivity index (χ0v) is 37.1. The molecule has 0 radical (unpaired) electrons. The van der Waals surface area contributed by atoms with Crippen LogP contribution in [0.5, 0.6) is 0 Å². The quantitative estimate of drug-likeness (QED) is 0.170. The Morgan fingerprint density at radius 3 is 2.51 bits per heavy atom. The number of nitrogens with zero attached hydrogens (tertiary/aromatic N) is 9. The van der Waals surface area contributed by atoms with Crippen molar-refractivity contribution in [3.05, 3.63) is 132 Å². The molecule has 1 amide bonds. The number of hydrogen-bond donors (Lipinski definition) is 1. The molecular formula is C47H44F2N10O5S. The maximum Gasteiger partial charge on any atom is 0.438 e. The summed E-state index contributed by atoms with van der Waals surface area (Å²) in [7, 11) is 1.72. The van der Waals surface area contributed by atoms with Crippen molar-refractivity contribution < 1.29 is 22.8 Å². The SMILES string of the molecule is Cc1cc(-n2nc3c(c2-n2ccn(-c4ccc5c(cnn5C)c4F)c2=O)[C@@H]2CC[C@H](C3)N2C(=O)c2cc3sc(C4CCOC(C)(C)C4)nc3cc2C2(c3noc(=O)[nH]3)CC2)cc(C)c1F. The number of carbonyl (C=O) groups excluding carboxylic acids is 1. The van der Waals surface area contributed by atoms with Crippen molar-refractivity contribution in [2.45, 2.75) is 102 Å². The van der Waals surface area contributed by atoms with E-state index in [-0.39, 0.29) is 40.4 Å². The van der Waals surface area contributed by atoms with E-state index in [1.54, 1.807) is 72.1 Å². The number of fused-ring (bicyclic) bond motifs is 6. The van der Waals surface area contributed by atoms with Crippen molar-refractivity contribution >= 4 is 38.4 Å². The molecule has 3 aliphatic heterocycles. The van der Waals surface area contributed by atoms with E-state index < -0.39 is 28.7 Å². The molecule has 1 saturated carbocycles. The molecule has 0 spiro atoms. The molecule has 3 aromatic carbocycles. The highest BCUT2D eigenvalue weighted by molar-refractivity contribution is 7.18. The maximum atomic E-state index is 16.2. The van der Waals surface area contributed by atoms with Gasteiger partial charge in [0, 0.05) is 55.6 Å². The number of H-pyrrole nitrogens is 1. The van der Waals surface area contributed by atoms with Crippen LogP contribution in [-0.2, 0) is 23.6 Å². The highest BCUT2D eigenvalue weighted by Crippen LogP contribution is 2.55. The number of amides is 1. The summed E-state index contributed by atoms with van der Waals surface area (Å²) in [5.74, 6) is -0.823. The zero-order valence-electron chi connectivity index (χ0n) is 36.3. The van der Waals surface area contributed by atoms with Crippen molar-refractivity contribution in [3.8, 4) is 17.2 Å². The summed E-state index contributed by atoms with van der Waals surface area (Å²) in [5.41, 5.74) is 3.81. The third-order valence-corrected chi connectivity index (χ3v) is 15.4. The molecule has 332 valence electrons. The number of imidazole rings is 1. The highest BCUT2D eigenvalue weighted by Gasteiger charge is 2.53. The molecule has 8 heterocycles. The summed E-state index contributed by atoms with van der Waals surface area (Å²) in [4.78, 5) is 52.6. The number of thiazole rings is 1. The lowest BCUT2D eigenvalue weighted by Crippen LogP contribution is -2.42. The van der Waals surface area contributed by atoms with Crippen LogP contribution in [0.1, 0.15) is 113 Å². The number of benzene rings is 3. The van der Waals surface area contributed by atoms with Crippen molar-refractivity contribution in [2.24, 2.45) is 7.05 Å². The molecule has 65 heavy (non-hydrogen) atoms. The molecule has 12 rings (SSSR count). The number of hydrogen-bond acceptors (Lipinski definition) is 10. The summed E-state index contributed by atoms with van der Waals surface area (Å²) in [5, 5.41) is 14.8. The fourth-order valence-electron chi connectivity index (χ4n) is 10.9. The van der Waals surface area contributed by atoms with Gasteiger partial charge in [0.05, 0.1) is 66.5 Å². The van der Waals surface area contributed by atoms with Crippen LogP contribution in [0.3, 0.4) is 0 Å². The molecule has 3 atom stereocenters. The van der Waals surface area contributed by atoms with E-state index in [9.17, 15) is 9.59 Å². The van der Waals surface area contributed by atoms with Crippen LogP contribution in [0.4, 0.5) is 8.78 Å². The Morgan fingerprint density at radius 1 is 0.985 bits per heavy atom. The van der Waals surface area contributed by atoms with Crippen LogP contribution in [-0.4, -0.2) is 72.9 Å². The van der Waals surface area contributed by atoms with Gasteiger partial charge in [-0.05, 0) is 119 Å². The molecule has 5 aromatic heterocycles. The first-order chi connectivity index (χ1) is 31.2. The molecule has 15 nitrogen and oxygen atoms in total. The molecule has 2 saturated heterocycles. The molecule has 8 aromatic rings. The summed E-state index contributed by atoms with van der Waals surface area (Å²) < 4.78 is 49.2.